The first kappa shape index (κ1) is 11.0. The van der Waals surface area contributed by atoms with Crippen LogP contribution in [0.4, 0.5) is 0 Å². The van der Waals surface area contributed by atoms with Crippen molar-refractivity contribution >= 4 is 5.91 Å². The summed E-state index contributed by atoms with van der Waals surface area (Å²) in [5, 5.41) is 14.2. The average molecular weight is 195 g/mol. The molecule has 4 nitrogen and oxygen atoms in total. The Kier molecular flexibility index (Phi) is 5.02. The van der Waals surface area contributed by atoms with E-state index < -0.39 is 0 Å². The lowest BCUT2D eigenvalue weighted by Gasteiger charge is -2.22. The minimum atomic E-state index is -0.0149. The van der Waals surface area contributed by atoms with E-state index in [-0.39, 0.29) is 12.5 Å². The van der Waals surface area contributed by atoms with Gasteiger partial charge in [0.2, 0.25) is 5.91 Å². The molecule has 78 valence electrons. The molecule has 1 atom stereocenters. The number of hydrogen-bond donors (Lipinski definition) is 2. The number of nitrogens with one attached hydrogen (secondary N) is 2. The van der Waals surface area contributed by atoms with Crippen LogP contribution in [0.3, 0.4) is 0 Å². The number of carbonyl (C=O) groups is 1. The summed E-state index contributed by atoms with van der Waals surface area (Å²) >= 11 is 0. The normalized spacial score (nSPS) is 21.2. The van der Waals surface area contributed by atoms with Crippen LogP contribution in [-0.4, -0.2) is 25.0 Å². The molecule has 1 rings (SSSR count). The predicted molar refractivity (Wildman–Crippen MR) is 53.5 cm³/mol. The predicted octanol–water partition coefficient (Wildman–Crippen LogP) is 0.548. The van der Waals surface area contributed by atoms with Crippen molar-refractivity contribution in [2.24, 2.45) is 0 Å². The second kappa shape index (κ2) is 6.39. The summed E-state index contributed by atoms with van der Waals surface area (Å²) in [4.78, 5) is 11.2. The number of hydrogen-bond acceptors (Lipinski definition) is 3. The average Bonchev–Trinajstić information content (AvgIpc) is 2.25. The van der Waals surface area contributed by atoms with Gasteiger partial charge in [0.1, 0.15) is 6.54 Å². The molecule has 1 amide bonds. The monoisotopic (exact) mass is 195 g/mol. The zero-order chi connectivity index (χ0) is 10.2. The molecule has 0 aliphatic carbocycles. The van der Waals surface area contributed by atoms with Gasteiger partial charge in [-0.3, -0.25) is 4.79 Å². The highest BCUT2D eigenvalue weighted by Crippen LogP contribution is 2.11. The summed E-state index contributed by atoms with van der Waals surface area (Å²) in [6.45, 7) is 1.20. The van der Waals surface area contributed by atoms with E-state index in [2.05, 4.69) is 10.6 Å². The van der Waals surface area contributed by atoms with Crippen LogP contribution in [0.5, 0.6) is 0 Å². The van der Waals surface area contributed by atoms with Gasteiger partial charge in [0, 0.05) is 12.5 Å². The number of rotatable bonds is 4. The quantitative estimate of drug-likeness (QED) is 0.644. The van der Waals surface area contributed by atoms with Crippen LogP contribution in [0, 0.1) is 11.3 Å². The van der Waals surface area contributed by atoms with Gasteiger partial charge in [-0.25, -0.2) is 0 Å². The molecule has 0 saturated carbocycles. The minimum absolute atomic E-state index is 0.0149. The highest BCUT2D eigenvalue weighted by molar-refractivity contribution is 5.76. The van der Waals surface area contributed by atoms with Gasteiger partial charge in [0.05, 0.1) is 6.07 Å². The first-order valence-corrected chi connectivity index (χ1v) is 5.20. The maximum absolute atomic E-state index is 11.2. The Labute approximate surface area is 84.7 Å². The zero-order valence-corrected chi connectivity index (χ0v) is 8.38. The molecule has 0 bridgehead atoms. The van der Waals surface area contributed by atoms with Gasteiger partial charge in [-0.15, -0.1) is 0 Å². The Morgan fingerprint density at radius 1 is 1.57 bits per heavy atom. The number of nitriles is 1. The lowest BCUT2D eigenvalue weighted by Crippen LogP contribution is -2.35. The molecule has 2 N–H and O–H groups in total. The number of amides is 1. The summed E-state index contributed by atoms with van der Waals surface area (Å²) in [5.41, 5.74) is 0. The van der Waals surface area contributed by atoms with Crippen molar-refractivity contribution < 1.29 is 4.79 Å². The summed E-state index contributed by atoms with van der Waals surface area (Å²) in [5.74, 6) is -0.0149. The van der Waals surface area contributed by atoms with Crippen molar-refractivity contribution in [3.05, 3.63) is 0 Å². The van der Waals surface area contributed by atoms with Crippen molar-refractivity contribution in [3.8, 4) is 6.07 Å². The summed E-state index contributed by atoms with van der Waals surface area (Å²) in [7, 11) is 0. The Morgan fingerprint density at radius 3 is 3.07 bits per heavy atom. The van der Waals surface area contributed by atoms with Crippen LogP contribution >= 0.6 is 0 Å². The zero-order valence-electron chi connectivity index (χ0n) is 8.38. The standard InChI is InChI=1S/C10H17N3O/c11-6-8-13-10(14)5-4-9-3-1-2-7-12-9/h9,12H,1-5,7-8H2,(H,13,14). The topological polar surface area (TPSA) is 64.9 Å². The molecular weight excluding hydrogens is 178 g/mol. The highest BCUT2D eigenvalue weighted by Gasteiger charge is 2.13. The molecule has 14 heavy (non-hydrogen) atoms. The molecular formula is C10H17N3O. The number of carbonyl (C=O) groups excluding carboxylic acids is 1. The maximum atomic E-state index is 11.2. The van der Waals surface area contributed by atoms with Crippen molar-refractivity contribution in [3.63, 3.8) is 0 Å². The fourth-order valence-corrected chi connectivity index (χ4v) is 1.70. The molecule has 1 aliphatic rings. The Balaban J connectivity index is 2.07. The molecule has 0 aromatic heterocycles. The fraction of sp³-hybridized carbons (Fsp3) is 0.800. The van der Waals surface area contributed by atoms with E-state index in [0.717, 1.165) is 13.0 Å². The third-order valence-electron chi connectivity index (χ3n) is 2.50. The molecule has 0 radical (unpaired) electrons. The Morgan fingerprint density at radius 2 is 2.43 bits per heavy atom. The molecule has 1 heterocycles. The number of nitrogens with zero attached hydrogens (tertiary/aromatic N) is 1. The first-order valence-electron chi connectivity index (χ1n) is 5.20. The molecule has 1 aliphatic heterocycles. The second-order valence-corrected chi connectivity index (χ2v) is 3.62. The molecule has 0 aromatic carbocycles. The van der Waals surface area contributed by atoms with Gasteiger partial charge in [-0.05, 0) is 25.8 Å². The van der Waals surface area contributed by atoms with Gasteiger partial charge in [-0.2, -0.15) is 5.26 Å². The van der Waals surface area contributed by atoms with Gasteiger partial charge in [-0.1, -0.05) is 6.42 Å². The van der Waals surface area contributed by atoms with Crippen molar-refractivity contribution in [1.29, 1.82) is 5.26 Å². The number of piperidine rings is 1. The van der Waals surface area contributed by atoms with E-state index in [9.17, 15) is 4.79 Å². The molecule has 0 spiro atoms. The lowest BCUT2D eigenvalue weighted by molar-refractivity contribution is -0.121. The largest absolute Gasteiger partial charge is 0.343 e. The molecule has 4 heteroatoms. The Hall–Kier alpha value is -1.08. The molecule has 1 fully saturated rings. The van der Waals surface area contributed by atoms with E-state index in [1.54, 1.807) is 0 Å². The fourth-order valence-electron chi connectivity index (χ4n) is 1.70. The third kappa shape index (κ3) is 4.24. The van der Waals surface area contributed by atoms with E-state index in [0.29, 0.717) is 12.5 Å². The molecule has 0 aromatic rings. The van der Waals surface area contributed by atoms with Crippen LogP contribution in [0.2, 0.25) is 0 Å². The van der Waals surface area contributed by atoms with E-state index >= 15 is 0 Å². The Bertz CT molecular complexity index is 216. The molecule has 1 unspecified atom stereocenters. The summed E-state index contributed by atoms with van der Waals surface area (Å²) in [6, 6.07) is 2.39. The smallest absolute Gasteiger partial charge is 0.220 e. The van der Waals surface area contributed by atoms with Crippen LogP contribution < -0.4 is 10.6 Å². The van der Waals surface area contributed by atoms with Crippen LogP contribution in [0.15, 0.2) is 0 Å². The van der Waals surface area contributed by atoms with E-state index in [1.165, 1.54) is 19.3 Å². The second-order valence-electron chi connectivity index (χ2n) is 3.62. The van der Waals surface area contributed by atoms with Crippen LogP contribution in [0.1, 0.15) is 32.1 Å². The van der Waals surface area contributed by atoms with Crippen molar-refractivity contribution in [2.75, 3.05) is 13.1 Å². The van der Waals surface area contributed by atoms with Crippen molar-refractivity contribution in [1.82, 2.24) is 10.6 Å². The van der Waals surface area contributed by atoms with Crippen LogP contribution in [0.25, 0.3) is 0 Å². The highest BCUT2D eigenvalue weighted by atomic mass is 16.1. The SMILES string of the molecule is N#CCNC(=O)CCC1CCCCN1. The van der Waals surface area contributed by atoms with Gasteiger partial charge < -0.3 is 10.6 Å². The maximum Gasteiger partial charge on any atom is 0.220 e. The van der Waals surface area contributed by atoms with Gasteiger partial charge >= 0.3 is 0 Å². The van der Waals surface area contributed by atoms with Gasteiger partial charge in [0.25, 0.3) is 0 Å². The van der Waals surface area contributed by atoms with Crippen molar-refractivity contribution in [2.45, 2.75) is 38.1 Å². The summed E-state index contributed by atoms with van der Waals surface area (Å²) in [6.07, 6.45) is 5.09. The minimum Gasteiger partial charge on any atom is -0.343 e. The third-order valence-corrected chi connectivity index (χ3v) is 2.50. The van der Waals surface area contributed by atoms with Gasteiger partial charge in [0.15, 0.2) is 0 Å². The first-order chi connectivity index (χ1) is 6.83. The van der Waals surface area contributed by atoms with Crippen LogP contribution in [-0.2, 0) is 4.79 Å². The molecule has 1 saturated heterocycles. The lowest BCUT2D eigenvalue weighted by atomic mass is 10.0. The summed E-state index contributed by atoms with van der Waals surface area (Å²) < 4.78 is 0. The van der Waals surface area contributed by atoms with E-state index in [4.69, 9.17) is 5.26 Å². The van der Waals surface area contributed by atoms with E-state index in [1.807, 2.05) is 6.07 Å².